The van der Waals surface area contributed by atoms with Crippen molar-refractivity contribution in [3.05, 3.63) is 10.6 Å². The van der Waals surface area contributed by atoms with E-state index in [0.29, 0.717) is 0 Å². The average molecular weight is 262 g/mol. The zero-order valence-corrected chi connectivity index (χ0v) is 7.99. The van der Waals surface area contributed by atoms with Crippen LogP contribution in [0, 0.1) is 0 Å². The molecule has 0 aliphatic rings. The van der Waals surface area contributed by atoms with Crippen LogP contribution in [-0.2, 0) is 5.92 Å². The van der Waals surface area contributed by atoms with Crippen LogP contribution in [-0.4, -0.2) is 22.2 Å². The molecule has 16 heavy (non-hydrogen) atoms. The molecule has 1 aromatic rings. The monoisotopic (exact) mass is 262 g/mol. The SMILES string of the molecule is Nc1nc(C(F)(F)C(F)(F)F)c(C(=O)O)s1. The normalized spacial score (nSPS) is 12.8. The Morgan fingerprint density at radius 1 is 1.31 bits per heavy atom. The highest BCUT2D eigenvalue weighted by molar-refractivity contribution is 7.17. The molecule has 0 aromatic carbocycles. The third-order valence-corrected chi connectivity index (χ3v) is 2.36. The Balaban J connectivity index is 3.38. The first-order valence-corrected chi connectivity index (χ1v) is 4.33. The molecule has 0 aliphatic heterocycles. The van der Waals surface area contributed by atoms with Gasteiger partial charge in [0.05, 0.1) is 0 Å². The molecule has 90 valence electrons. The summed E-state index contributed by atoms with van der Waals surface area (Å²) < 4.78 is 61.5. The number of carboxylic acids is 1. The summed E-state index contributed by atoms with van der Waals surface area (Å²) in [6, 6.07) is 0. The number of carbonyl (C=O) groups is 1. The van der Waals surface area contributed by atoms with Crippen LogP contribution < -0.4 is 5.73 Å². The Hall–Kier alpha value is -1.45. The first kappa shape index (κ1) is 12.6. The third-order valence-electron chi connectivity index (χ3n) is 1.49. The summed E-state index contributed by atoms with van der Waals surface area (Å²) in [4.78, 5) is 11.9. The fourth-order valence-electron chi connectivity index (χ4n) is 0.829. The molecule has 4 nitrogen and oxygen atoms in total. The van der Waals surface area contributed by atoms with Crippen molar-refractivity contribution in [2.45, 2.75) is 12.1 Å². The van der Waals surface area contributed by atoms with Crippen molar-refractivity contribution in [3.63, 3.8) is 0 Å². The molecule has 0 spiro atoms. The molecule has 10 heteroatoms. The molecule has 0 saturated heterocycles. The molecule has 1 aromatic heterocycles. The lowest BCUT2D eigenvalue weighted by atomic mass is 10.2. The Morgan fingerprint density at radius 2 is 1.81 bits per heavy atom. The molecule has 0 atom stereocenters. The lowest BCUT2D eigenvalue weighted by Crippen LogP contribution is -2.35. The van der Waals surface area contributed by atoms with Crippen LogP contribution in [0.3, 0.4) is 0 Å². The molecule has 0 bridgehead atoms. The topological polar surface area (TPSA) is 76.2 Å². The van der Waals surface area contributed by atoms with Crippen LogP contribution in [0.1, 0.15) is 15.4 Å². The quantitative estimate of drug-likeness (QED) is 0.800. The summed E-state index contributed by atoms with van der Waals surface area (Å²) in [5.74, 6) is -7.28. The molecule has 0 saturated carbocycles. The van der Waals surface area contributed by atoms with Gasteiger partial charge in [-0.05, 0) is 0 Å². The summed E-state index contributed by atoms with van der Waals surface area (Å²) in [6.07, 6.45) is -5.92. The number of hydrogen-bond donors (Lipinski definition) is 2. The summed E-state index contributed by atoms with van der Waals surface area (Å²) in [5, 5.41) is 7.75. The van der Waals surface area contributed by atoms with Crippen LogP contribution in [0.4, 0.5) is 27.1 Å². The number of rotatable bonds is 2. The van der Waals surface area contributed by atoms with E-state index in [0.717, 1.165) is 0 Å². The van der Waals surface area contributed by atoms with Gasteiger partial charge in [0.1, 0.15) is 10.6 Å². The average Bonchev–Trinajstić information content (AvgIpc) is 2.45. The number of nitrogen functional groups attached to an aromatic ring is 1. The predicted octanol–water partition coefficient (Wildman–Crippen LogP) is 2.08. The standard InChI is InChI=1S/C6H3F5N2O2S/c7-5(8,6(9,10)11)2-1(3(14)15)16-4(12)13-2/h(H2,12,13)(H,14,15). The third kappa shape index (κ3) is 1.92. The molecule has 0 unspecified atom stereocenters. The van der Waals surface area contributed by atoms with Crippen LogP contribution in [0.5, 0.6) is 0 Å². The zero-order valence-electron chi connectivity index (χ0n) is 7.18. The van der Waals surface area contributed by atoms with E-state index in [-0.39, 0.29) is 11.3 Å². The van der Waals surface area contributed by atoms with E-state index in [2.05, 4.69) is 4.98 Å². The first-order valence-electron chi connectivity index (χ1n) is 3.52. The largest absolute Gasteiger partial charge is 0.477 e. The number of nitrogens with two attached hydrogens (primary N) is 1. The molecule has 3 N–H and O–H groups in total. The maximum Gasteiger partial charge on any atom is 0.459 e. The minimum atomic E-state index is -5.92. The molecule has 0 aliphatic carbocycles. The minimum absolute atomic E-state index is 0.0526. The highest BCUT2D eigenvalue weighted by Gasteiger charge is 2.62. The maximum absolute atomic E-state index is 12.8. The van der Waals surface area contributed by atoms with E-state index in [4.69, 9.17) is 10.8 Å². The predicted molar refractivity (Wildman–Crippen MR) is 43.4 cm³/mol. The van der Waals surface area contributed by atoms with E-state index in [1.165, 1.54) is 0 Å². The molecule has 1 heterocycles. The lowest BCUT2D eigenvalue weighted by molar-refractivity contribution is -0.290. The maximum atomic E-state index is 12.8. The Labute approximate surface area is 88.5 Å². The summed E-state index contributed by atoms with van der Waals surface area (Å²) in [5.41, 5.74) is 3.02. The molecule has 0 fully saturated rings. The summed E-state index contributed by atoms with van der Waals surface area (Å²) in [7, 11) is 0. The van der Waals surface area contributed by atoms with Crippen LogP contribution in [0.2, 0.25) is 0 Å². The zero-order chi connectivity index (χ0) is 12.7. The number of halogens is 5. The van der Waals surface area contributed by atoms with Crippen molar-refractivity contribution in [2.24, 2.45) is 0 Å². The van der Waals surface area contributed by atoms with Gasteiger partial charge in [-0.15, -0.1) is 0 Å². The highest BCUT2D eigenvalue weighted by atomic mass is 32.1. The van der Waals surface area contributed by atoms with E-state index >= 15 is 0 Å². The van der Waals surface area contributed by atoms with Gasteiger partial charge >= 0.3 is 18.1 Å². The second kappa shape index (κ2) is 3.54. The second-order valence-corrected chi connectivity index (χ2v) is 3.64. The van der Waals surface area contributed by atoms with Crippen LogP contribution in [0.15, 0.2) is 0 Å². The number of aromatic carboxylic acids is 1. The van der Waals surface area contributed by atoms with E-state index < -0.39 is 33.8 Å². The number of aromatic nitrogens is 1. The van der Waals surface area contributed by atoms with Crippen molar-refractivity contribution in [1.82, 2.24) is 4.98 Å². The van der Waals surface area contributed by atoms with Gasteiger partial charge in [0.25, 0.3) is 0 Å². The molecule has 0 amide bonds. The Kier molecular flexibility index (Phi) is 2.79. The number of alkyl halides is 5. The van der Waals surface area contributed by atoms with Crippen molar-refractivity contribution in [3.8, 4) is 0 Å². The first-order chi connectivity index (χ1) is 7.07. The smallest absolute Gasteiger partial charge is 0.459 e. The van der Waals surface area contributed by atoms with Crippen molar-refractivity contribution in [2.75, 3.05) is 5.73 Å². The van der Waals surface area contributed by atoms with E-state index in [1.54, 1.807) is 0 Å². The Morgan fingerprint density at radius 3 is 2.19 bits per heavy atom. The van der Waals surface area contributed by atoms with Crippen LogP contribution in [0.25, 0.3) is 0 Å². The van der Waals surface area contributed by atoms with Crippen molar-refractivity contribution in [1.29, 1.82) is 0 Å². The van der Waals surface area contributed by atoms with Gasteiger partial charge in [0.2, 0.25) is 0 Å². The van der Waals surface area contributed by atoms with Gasteiger partial charge in [0, 0.05) is 0 Å². The van der Waals surface area contributed by atoms with Gasteiger partial charge in [-0.1, -0.05) is 11.3 Å². The van der Waals surface area contributed by atoms with Crippen molar-refractivity contribution >= 4 is 22.4 Å². The van der Waals surface area contributed by atoms with Crippen molar-refractivity contribution < 1.29 is 31.9 Å². The van der Waals surface area contributed by atoms with Gasteiger partial charge in [-0.3, -0.25) is 0 Å². The van der Waals surface area contributed by atoms with Gasteiger partial charge in [-0.25, -0.2) is 9.78 Å². The number of hydrogen-bond acceptors (Lipinski definition) is 4. The fourth-order valence-corrected chi connectivity index (χ4v) is 1.53. The van der Waals surface area contributed by atoms with Gasteiger partial charge < -0.3 is 10.8 Å². The summed E-state index contributed by atoms with van der Waals surface area (Å²) >= 11 is 0.0526. The van der Waals surface area contributed by atoms with Gasteiger partial charge in [-0.2, -0.15) is 22.0 Å². The number of anilines is 1. The van der Waals surface area contributed by atoms with Crippen LogP contribution >= 0.6 is 11.3 Å². The molecular formula is C6H3F5N2O2S. The second-order valence-electron chi connectivity index (χ2n) is 2.61. The molecule has 1 rings (SSSR count). The van der Waals surface area contributed by atoms with E-state index in [1.807, 2.05) is 0 Å². The van der Waals surface area contributed by atoms with Gasteiger partial charge in [0.15, 0.2) is 5.13 Å². The molecule has 0 radical (unpaired) electrons. The number of thiazole rings is 1. The number of carboxylic acid groups (broad SMARTS) is 1. The molecular weight excluding hydrogens is 259 g/mol. The highest BCUT2D eigenvalue weighted by Crippen LogP contribution is 2.45. The minimum Gasteiger partial charge on any atom is -0.477 e. The summed E-state index contributed by atoms with van der Waals surface area (Å²) in [6.45, 7) is 0. The van der Waals surface area contributed by atoms with E-state index in [9.17, 15) is 26.7 Å². The lowest BCUT2D eigenvalue weighted by Gasteiger charge is -2.17. The fraction of sp³-hybridized carbons (Fsp3) is 0.333. The Bertz CT molecular complexity index is 427. The number of nitrogens with zero attached hydrogens (tertiary/aromatic N) is 1.